The minimum Gasteiger partial charge on any atom is -0.370 e. The Morgan fingerprint density at radius 3 is 1.23 bits per heavy atom. The average molecular weight is 371 g/mol. The molecule has 0 atom stereocenters. The summed E-state index contributed by atoms with van der Waals surface area (Å²) in [5, 5.41) is 1.45. The molecular formula is C21H42N2O3. The monoisotopic (exact) mass is 370 g/mol. The highest BCUT2D eigenvalue weighted by Crippen LogP contribution is 2.14. The number of hydrogen-bond donors (Lipinski definition) is 1. The number of carbonyl (C=O) groups is 2. The molecule has 0 aromatic carbocycles. The molecule has 0 heterocycles. The molecule has 0 bridgehead atoms. The van der Waals surface area contributed by atoms with Crippen LogP contribution in [0.4, 0.5) is 0 Å². The molecule has 0 unspecified atom stereocenters. The van der Waals surface area contributed by atoms with Crippen LogP contribution in [-0.2, 0) is 14.4 Å². The highest BCUT2D eigenvalue weighted by Gasteiger charge is 2.03. The topological polar surface area (TPSA) is 72.6 Å². The van der Waals surface area contributed by atoms with Crippen molar-refractivity contribution >= 4 is 11.9 Å². The largest absolute Gasteiger partial charge is 0.370 e. The minimum absolute atomic E-state index is 0.124. The summed E-state index contributed by atoms with van der Waals surface area (Å²) >= 11 is 0. The van der Waals surface area contributed by atoms with Crippen molar-refractivity contribution in [1.82, 2.24) is 5.06 Å². The van der Waals surface area contributed by atoms with E-state index in [1.165, 1.54) is 75.7 Å². The molecule has 0 aromatic rings. The molecule has 1 amide bonds. The Kier molecular flexibility index (Phi) is 17.9. The Balaban J connectivity index is 3.09. The van der Waals surface area contributed by atoms with Crippen molar-refractivity contribution in [3.8, 4) is 0 Å². The molecule has 0 aliphatic rings. The molecule has 26 heavy (non-hydrogen) atoms. The van der Waals surface area contributed by atoms with Crippen LogP contribution in [0.2, 0.25) is 0 Å². The lowest BCUT2D eigenvalue weighted by atomic mass is 10.0. The summed E-state index contributed by atoms with van der Waals surface area (Å²) in [5.74, 6) is -0.296. The molecule has 0 aromatic heterocycles. The number of rotatable bonds is 19. The quantitative estimate of drug-likeness (QED) is 0.253. The summed E-state index contributed by atoms with van der Waals surface area (Å²) in [6.07, 6.45) is 19.7. The highest BCUT2D eigenvalue weighted by molar-refractivity contribution is 5.73. The van der Waals surface area contributed by atoms with Gasteiger partial charge in [-0.05, 0) is 12.8 Å². The lowest BCUT2D eigenvalue weighted by Crippen LogP contribution is -2.18. The van der Waals surface area contributed by atoms with Crippen molar-refractivity contribution in [3.63, 3.8) is 0 Å². The Labute approximate surface area is 161 Å². The van der Waals surface area contributed by atoms with Crippen molar-refractivity contribution in [2.24, 2.45) is 5.73 Å². The molecule has 0 radical (unpaired) electrons. The first kappa shape index (κ1) is 24.9. The van der Waals surface area contributed by atoms with Gasteiger partial charge in [0.2, 0.25) is 5.91 Å². The van der Waals surface area contributed by atoms with Gasteiger partial charge in [-0.1, -0.05) is 83.5 Å². The Morgan fingerprint density at radius 2 is 0.923 bits per heavy atom. The fourth-order valence-corrected chi connectivity index (χ4v) is 3.12. The van der Waals surface area contributed by atoms with Crippen LogP contribution in [0.1, 0.15) is 109 Å². The van der Waals surface area contributed by atoms with E-state index in [-0.39, 0.29) is 11.9 Å². The summed E-state index contributed by atoms with van der Waals surface area (Å²) in [4.78, 5) is 26.9. The summed E-state index contributed by atoms with van der Waals surface area (Å²) < 4.78 is 0. The fraction of sp³-hybridized carbons (Fsp3) is 0.905. The van der Waals surface area contributed by atoms with Crippen molar-refractivity contribution in [2.75, 3.05) is 14.1 Å². The third-order valence-electron chi connectivity index (χ3n) is 4.59. The predicted molar refractivity (Wildman–Crippen MR) is 107 cm³/mol. The first-order valence-electron chi connectivity index (χ1n) is 10.7. The van der Waals surface area contributed by atoms with Gasteiger partial charge in [-0.3, -0.25) is 9.59 Å². The Morgan fingerprint density at radius 1 is 0.615 bits per heavy atom. The van der Waals surface area contributed by atoms with Crippen LogP contribution in [0.3, 0.4) is 0 Å². The second kappa shape index (κ2) is 18.7. The molecule has 0 saturated carbocycles. The third-order valence-corrected chi connectivity index (χ3v) is 4.59. The number of unbranched alkanes of at least 4 members (excludes halogenated alkanes) is 14. The van der Waals surface area contributed by atoms with Gasteiger partial charge >= 0.3 is 5.97 Å². The SMILES string of the molecule is CN(C)OC(=O)CCCCCCCCCCCCCCCCCC(N)=O. The second-order valence-electron chi connectivity index (χ2n) is 7.55. The van der Waals surface area contributed by atoms with Gasteiger partial charge in [0.15, 0.2) is 0 Å². The van der Waals surface area contributed by atoms with Gasteiger partial charge in [-0.2, -0.15) is 0 Å². The van der Waals surface area contributed by atoms with E-state index in [4.69, 9.17) is 10.6 Å². The van der Waals surface area contributed by atoms with Crippen molar-refractivity contribution in [1.29, 1.82) is 0 Å². The van der Waals surface area contributed by atoms with Crippen LogP contribution in [0.15, 0.2) is 0 Å². The van der Waals surface area contributed by atoms with E-state index in [1.54, 1.807) is 14.1 Å². The van der Waals surface area contributed by atoms with E-state index in [0.717, 1.165) is 25.7 Å². The van der Waals surface area contributed by atoms with Crippen LogP contribution in [-0.4, -0.2) is 31.0 Å². The van der Waals surface area contributed by atoms with Gasteiger partial charge in [0.1, 0.15) is 0 Å². The number of hydrogen-bond acceptors (Lipinski definition) is 4. The molecular weight excluding hydrogens is 328 g/mol. The van der Waals surface area contributed by atoms with Gasteiger partial charge in [0.05, 0.1) is 0 Å². The number of hydroxylamine groups is 2. The first-order valence-corrected chi connectivity index (χ1v) is 10.7. The van der Waals surface area contributed by atoms with E-state index in [2.05, 4.69) is 0 Å². The summed E-state index contributed by atoms with van der Waals surface area (Å²) in [6.45, 7) is 0. The summed E-state index contributed by atoms with van der Waals surface area (Å²) in [6, 6.07) is 0. The third kappa shape index (κ3) is 20.9. The molecule has 0 aliphatic heterocycles. The average Bonchev–Trinajstić information content (AvgIpc) is 2.56. The number of primary amides is 1. The van der Waals surface area contributed by atoms with Gasteiger partial charge in [-0.25, -0.2) is 0 Å². The zero-order valence-corrected chi connectivity index (χ0v) is 17.3. The van der Waals surface area contributed by atoms with E-state index in [0.29, 0.717) is 12.8 Å². The van der Waals surface area contributed by atoms with Gasteiger partial charge in [0.25, 0.3) is 0 Å². The molecule has 0 aliphatic carbocycles. The second-order valence-corrected chi connectivity index (χ2v) is 7.55. The zero-order chi connectivity index (χ0) is 19.5. The Hall–Kier alpha value is -1.10. The molecule has 0 rings (SSSR count). The lowest BCUT2D eigenvalue weighted by molar-refractivity contribution is -0.178. The van der Waals surface area contributed by atoms with Crippen LogP contribution in [0.5, 0.6) is 0 Å². The number of nitrogens with two attached hydrogens (primary N) is 1. The Bertz CT molecular complexity index is 346. The molecule has 2 N–H and O–H groups in total. The standard InChI is InChI=1S/C21H42N2O3/c1-23(2)26-21(25)19-17-15-13-11-9-7-5-3-4-6-8-10-12-14-16-18-20(22)24/h3-19H2,1-2H3,(H2,22,24). The van der Waals surface area contributed by atoms with E-state index >= 15 is 0 Å². The van der Waals surface area contributed by atoms with Gasteiger partial charge < -0.3 is 10.6 Å². The van der Waals surface area contributed by atoms with Crippen LogP contribution in [0.25, 0.3) is 0 Å². The van der Waals surface area contributed by atoms with Gasteiger partial charge in [0, 0.05) is 26.9 Å². The van der Waals surface area contributed by atoms with Gasteiger partial charge in [-0.15, -0.1) is 5.06 Å². The zero-order valence-electron chi connectivity index (χ0n) is 17.3. The van der Waals surface area contributed by atoms with E-state index in [9.17, 15) is 9.59 Å². The maximum Gasteiger partial charge on any atom is 0.325 e. The van der Waals surface area contributed by atoms with Crippen molar-refractivity contribution < 1.29 is 14.4 Å². The number of amides is 1. The molecule has 0 fully saturated rings. The van der Waals surface area contributed by atoms with Crippen LogP contribution in [0, 0.1) is 0 Å². The van der Waals surface area contributed by atoms with E-state index in [1.807, 2.05) is 0 Å². The number of carbonyl (C=O) groups excluding carboxylic acids is 2. The fourth-order valence-electron chi connectivity index (χ4n) is 3.12. The van der Waals surface area contributed by atoms with Crippen molar-refractivity contribution in [2.45, 2.75) is 109 Å². The van der Waals surface area contributed by atoms with E-state index < -0.39 is 0 Å². The number of nitrogens with zero attached hydrogens (tertiary/aromatic N) is 1. The van der Waals surface area contributed by atoms with Crippen LogP contribution >= 0.6 is 0 Å². The molecule has 154 valence electrons. The maximum absolute atomic E-state index is 11.3. The highest BCUT2D eigenvalue weighted by atomic mass is 16.7. The molecule has 5 heteroatoms. The molecule has 0 spiro atoms. The minimum atomic E-state index is -0.172. The summed E-state index contributed by atoms with van der Waals surface area (Å²) in [7, 11) is 3.46. The molecule has 5 nitrogen and oxygen atoms in total. The normalized spacial score (nSPS) is 11.0. The smallest absolute Gasteiger partial charge is 0.325 e. The summed E-state index contributed by atoms with van der Waals surface area (Å²) in [5.41, 5.74) is 5.12. The van der Waals surface area contributed by atoms with Crippen molar-refractivity contribution in [3.05, 3.63) is 0 Å². The van der Waals surface area contributed by atoms with Crippen LogP contribution < -0.4 is 5.73 Å². The molecule has 0 saturated heterocycles. The maximum atomic E-state index is 11.3. The predicted octanol–water partition coefficient (Wildman–Crippen LogP) is 5.12. The first-order chi connectivity index (χ1) is 12.5. The lowest BCUT2D eigenvalue weighted by Gasteiger charge is -2.09.